The number of likely N-dealkylation sites (N-methyl/N-ethyl adjacent to an activating group) is 1. The summed E-state index contributed by atoms with van der Waals surface area (Å²) >= 11 is 0. The van der Waals surface area contributed by atoms with E-state index in [1.54, 1.807) is 0 Å². The Morgan fingerprint density at radius 1 is 1.23 bits per heavy atom. The SMILES string of the molecule is CCNC(=NCC1CCCN1CC)NCCc1ccc(NC(C)=O)cc1. The number of hydrogen-bond acceptors (Lipinski definition) is 3. The van der Waals surface area contributed by atoms with E-state index in [1.807, 2.05) is 12.1 Å². The summed E-state index contributed by atoms with van der Waals surface area (Å²) in [6.07, 6.45) is 3.44. The van der Waals surface area contributed by atoms with E-state index in [4.69, 9.17) is 4.99 Å². The standard InChI is InChI=1S/C20H33N5O/c1-4-21-20(23-15-19-7-6-14-25(19)5-2)22-13-12-17-8-10-18(11-9-17)24-16(3)26/h8-11,19H,4-7,12-15H2,1-3H3,(H,24,26)(H2,21,22,23). The molecular weight excluding hydrogens is 326 g/mol. The molecule has 0 aromatic heterocycles. The highest BCUT2D eigenvalue weighted by molar-refractivity contribution is 5.88. The van der Waals surface area contributed by atoms with Crippen LogP contribution in [0.25, 0.3) is 0 Å². The van der Waals surface area contributed by atoms with Crippen molar-refractivity contribution in [2.45, 2.75) is 46.1 Å². The summed E-state index contributed by atoms with van der Waals surface area (Å²) in [5, 5.41) is 9.54. The van der Waals surface area contributed by atoms with Crippen molar-refractivity contribution in [2.75, 3.05) is 38.0 Å². The first-order valence-electron chi connectivity index (χ1n) is 9.75. The van der Waals surface area contributed by atoms with Crippen molar-refractivity contribution in [3.05, 3.63) is 29.8 Å². The zero-order chi connectivity index (χ0) is 18.8. The number of amides is 1. The first kappa shape index (κ1) is 20.2. The maximum absolute atomic E-state index is 11.1. The van der Waals surface area contributed by atoms with Crippen LogP contribution < -0.4 is 16.0 Å². The Hall–Kier alpha value is -2.08. The van der Waals surface area contributed by atoms with Crippen LogP contribution >= 0.6 is 0 Å². The zero-order valence-corrected chi connectivity index (χ0v) is 16.3. The number of carbonyl (C=O) groups excluding carboxylic acids is 1. The minimum Gasteiger partial charge on any atom is -0.357 e. The van der Waals surface area contributed by atoms with Crippen molar-refractivity contribution in [3.8, 4) is 0 Å². The average molecular weight is 360 g/mol. The largest absolute Gasteiger partial charge is 0.357 e. The Balaban J connectivity index is 1.80. The van der Waals surface area contributed by atoms with Crippen molar-refractivity contribution in [1.29, 1.82) is 0 Å². The first-order valence-corrected chi connectivity index (χ1v) is 9.75. The van der Waals surface area contributed by atoms with E-state index in [2.05, 4.69) is 46.8 Å². The van der Waals surface area contributed by atoms with Crippen molar-refractivity contribution < 1.29 is 4.79 Å². The molecule has 0 spiro atoms. The van der Waals surface area contributed by atoms with Gasteiger partial charge in [0.25, 0.3) is 0 Å². The van der Waals surface area contributed by atoms with Gasteiger partial charge in [-0.2, -0.15) is 0 Å². The highest BCUT2D eigenvalue weighted by Crippen LogP contribution is 2.16. The predicted octanol–water partition coefficient (Wildman–Crippen LogP) is 2.23. The Bertz CT molecular complexity index is 584. The van der Waals surface area contributed by atoms with Crippen LogP contribution in [-0.4, -0.2) is 55.5 Å². The van der Waals surface area contributed by atoms with E-state index < -0.39 is 0 Å². The molecule has 1 atom stereocenters. The quantitative estimate of drug-likeness (QED) is 0.492. The van der Waals surface area contributed by atoms with E-state index in [1.165, 1.54) is 31.9 Å². The number of benzene rings is 1. The third kappa shape index (κ3) is 6.67. The molecule has 6 heteroatoms. The van der Waals surface area contributed by atoms with Crippen LogP contribution in [0.3, 0.4) is 0 Å². The fourth-order valence-electron chi connectivity index (χ4n) is 3.34. The van der Waals surface area contributed by atoms with Crippen LogP contribution in [0.15, 0.2) is 29.3 Å². The number of aliphatic imine (C=N–C) groups is 1. The molecule has 6 nitrogen and oxygen atoms in total. The Morgan fingerprint density at radius 3 is 2.65 bits per heavy atom. The van der Waals surface area contributed by atoms with Gasteiger partial charge < -0.3 is 16.0 Å². The second-order valence-corrected chi connectivity index (χ2v) is 6.70. The van der Waals surface area contributed by atoms with Crippen LogP contribution in [0.4, 0.5) is 5.69 Å². The van der Waals surface area contributed by atoms with Crippen molar-refractivity contribution in [3.63, 3.8) is 0 Å². The van der Waals surface area contributed by atoms with E-state index in [0.29, 0.717) is 6.04 Å². The highest BCUT2D eigenvalue weighted by atomic mass is 16.1. The van der Waals surface area contributed by atoms with Crippen molar-refractivity contribution in [2.24, 2.45) is 4.99 Å². The molecule has 26 heavy (non-hydrogen) atoms. The molecular formula is C20H33N5O. The van der Waals surface area contributed by atoms with Gasteiger partial charge in [-0.05, 0) is 57.0 Å². The summed E-state index contributed by atoms with van der Waals surface area (Å²) in [6, 6.07) is 8.56. The van der Waals surface area contributed by atoms with Crippen LogP contribution in [0.2, 0.25) is 0 Å². The lowest BCUT2D eigenvalue weighted by atomic mass is 10.1. The van der Waals surface area contributed by atoms with Gasteiger partial charge in [0.15, 0.2) is 5.96 Å². The molecule has 1 amide bonds. The molecule has 0 bridgehead atoms. The predicted molar refractivity (Wildman–Crippen MR) is 109 cm³/mol. The fourth-order valence-corrected chi connectivity index (χ4v) is 3.34. The smallest absolute Gasteiger partial charge is 0.221 e. The third-order valence-electron chi connectivity index (χ3n) is 4.69. The van der Waals surface area contributed by atoms with Crippen molar-refractivity contribution >= 4 is 17.6 Å². The molecule has 0 aliphatic carbocycles. The molecule has 0 radical (unpaired) electrons. The van der Waals surface area contributed by atoms with Gasteiger partial charge in [-0.25, -0.2) is 0 Å². The Morgan fingerprint density at radius 2 is 2.00 bits per heavy atom. The number of likely N-dealkylation sites (tertiary alicyclic amines) is 1. The molecule has 1 fully saturated rings. The number of nitrogens with zero attached hydrogens (tertiary/aromatic N) is 2. The molecule has 1 unspecified atom stereocenters. The number of rotatable bonds is 8. The Kier molecular flexibility index (Phi) is 8.41. The summed E-state index contributed by atoms with van der Waals surface area (Å²) < 4.78 is 0. The van der Waals surface area contributed by atoms with Crippen LogP contribution in [0, 0.1) is 0 Å². The van der Waals surface area contributed by atoms with Crippen LogP contribution in [-0.2, 0) is 11.2 Å². The highest BCUT2D eigenvalue weighted by Gasteiger charge is 2.22. The second kappa shape index (κ2) is 10.8. The van der Waals surface area contributed by atoms with Gasteiger partial charge in [-0.15, -0.1) is 0 Å². The summed E-state index contributed by atoms with van der Waals surface area (Å²) in [5.41, 5.74) is 2.07. The van der Waals surface area contributed by atoms with Gasteiger partial charge in [-0.3, -0.25) is 14.7 Å². The summed E-state index contributed by atoms with van der Waals surface area (Å²) in [5.74, 6) is 0.847. The molecule has 3 N–H and O–H groups in total. The maximum atomic E-state index is 11.1. The van der Waals surface area contributed by atoms with Crippen LogP contribution in [0.1, 0.15) is 39.2 Å². The first-order chi connectivity index (χ1) is 12.6. The number of anilines is 1. The van der Waals surface area contributed by atoms with E-state index in [-0.39, 0.29) is 5.91 Å². The van der Waals surface area contributed by atoms with Crippen LogP contribution in [0.5, 0.6) is 0 Å². The molecule has 1 aliphatic rings. The fraction of sp³-hybridized carbons (Fsp3) is 0.600. The molecule has 1 heterocycles. The molecule has 1 aromatic carbocycles. The lowest BCUT2D eigenvalue weighted by molar-refractivity contribution is -0.114. The number of hydrogen-bond donors (Lipinski definition) is 3. The monoisotopic (exact) mass is 359 g/mol. The number of nitrogens with one attached hydrogen (secondary N) is 3. The summed E-state index contributed by atoms with van der Waals surface area (Å²) in [6.45, 7) is 10.7. The number of carbonyl (C=O) groups is 1. The van der Waals surface area contributed by atoms with Gasteiger partial charge in [-0.1, -0.05) is 19.1 Å². The molecule has 144 valence electrons. The molecule has 1 aromatic rings. The minimum absolute atomic E-state index is 0.0465. The summed E-state index contributed by atoms with van der Waals surface area (Å²) in [7, 11) is 0. The van der Waals surface area contributed by atoms with Gasteiger partial charge in [0.05, 0.1) is 6.54 Å². The molecule has 2 rings (SSSR count). The van der Waals surface area contributed by atoms with E-state index in [9.17, 15) is 4.79 Å². The van der Waals surface area contributed by atoms with Gasteiger partial charge in [0, 0.05) is 31.7 Å². The second-order valence-electron chi connectivity index (χ2n) is 6.70. The number of guanidine groups is 1. The Labute approximate surface area is 157 Å². The third-order valence-corrected chi connectivity index (χ3v) is 4.69. The molecule has 1 aliphatic heterocycles. The minimum atomic E-state index is -0.0465. The van der Waals surface area contributed by atoms with Gasteiger partial charge in [0.2, 0.25) is 5.91 Å². The molecule has 1 saturated heterocycles. The summed E-state index contributed by atoms with van der Waals surface area (Å²) in [4.78, 5) is 18.4. The topological polar surface area (TPSA) is 68.8 Å². The lowest BCUT2D eigenvalue weighted by Crippen LogP contribution is -2.40. The van der Waals surface area contributed by atoms with Gasteiger partial charge in [0.1, 0.15) is 0 Å². The average Bonchev–Trinajstić information content (AvgIpc) is 3.08. The van der Waals surface area contributed by atoms with Gasteiger partial charge >= 0.3 is 0 Å². The zero-order valence-electron chi connectivity index (χ0n) is 16.3. The van der Waals surface area contributed by atoms with E-state index >= 15 is 0 Å². The molecule has 0 saturated carbocycles. The van der Waals surface area contributed by atoms with Crippen molar-refractivity contribution in [1.82, 2.24) is 15.5 Å². The normalized spacial score (nSPS) is 18.0. The maximum Gasteiger partial charge on any atom is 0.221 e. The lowest BCUT2D eigenvalue weighted by Gasteiger charge is -2.21. The van der Waals surface area contributed by atoms with E-state index in [0.717, 1.165) is 44.2 Å².